The van der Waals surface area contributed by atoms with E-state index in [9.17, 15) is 0 Å². The molecule has 0 aromatic heterocycles. The maximum absolute atomic E-state index is 8.38. The Balaban J connectivity index is 2.83. The molecule has 0 heterocycles. The van der Waals surface area contributed by atoms with Crippen molar-refractivity contribution < 1.29 is 5.11 Å². The summed E-state index contributed by atoms with van der Waals surface area (Å²) in [6, 6.07) is 0. The maximum atomic E-state index is 8.38. The van der Waals surface area contributed by atoms with Gasteiger partial charge in [-0.3, -0.25) is 5.73 Å². The molecule has 1 unspecified atom stereocenters. The second kappa shape index (κ2) is 4.09. The van der Waals surface area contributed by atoms with Crippen LogP contribution >= 0.6 is 0 Å². The Kier molecular flexibility index (Phi) is 4.04. The molecule has 0 amide bonds. The Morgan fingerprint density at radius 3 is 2.43 bits per heavy atom. The summed E-state index contributed by atoms with van der Waals surface area (Å²) in [7, 11) is 0. The highest BCUT2D eigenvalue weighted by Crippen LogP contribution is 1.95. The fourth-order valence-electron chi connectivity index (χ4n) is 0.338. The molecule has 2 N–H and O–H groups in total. The minimum Gasteiger partial charge on any atom is -0.396 e. The van der Waals surface area contributed by atoms with Crippen molar-refractivity contribution >= 4 is 0 Å². The first-order valence-corrected chi connectivity index (χ1v) is 2.56. The normalized spacial score (nSPS) is 14.1. The lowest BCUT2D eigenvalue weighted by Gasteiger charge is -2.01. The standard InChI is InChI=1S/C5H12NO/c1-5(4-7)2-3-6/h5-7H,2-4H2,1H3. The number of rotatable bonds is 3. The Morgan fingerprint density at radius 2 is 2.29 bits per heavy atom. The summed E-state index contributed by atoms with van der Waals surface area (Å²) < 4.78 is 0. The molecule has 2 nitrogen and oxygen atoms in total. The van der Waals surface area contributed by atoms with Gasteiger partial charge in [-0.2, -0.15) is 0 Å². The highest BCUT2D eigenvalue weighted by atomic mass is 16.3. The van der Waals surface area contributed by atoms with Gasteiger partial charge in [0, 0.05) is 13.2 Å². The first-order chi connectivity index (χ1) is 3.31. The van der Waals surface area contributed by atoms with Crippen LogP contribution in [0.15, 0.2) is 0 Å². The molecule has 0 aliphatic heterocycles. The number of aliphatic hydroxyl groups is 1. The SMILES string of the molecule is CC(CO)CC[NH]. The van der Waals surface area contributed by atoms with Crippen molar-refractivity contribution in [1.82, 2.24) is 5.73 Å². The molecular formula is C5H12NO. The van der Waals surface area contributed by atoms with Gasteiger partial charge in [-0.05, 0) is 12.3 Å². The van der Waals surface area contributed by atoms with Crippen LogP contribution in [0.3, 0.4) is 0 Å². The van der Waals surface area contributed by atoms with E-state index in [2.05, 4.69) is 0 Å². The van der Waals surface area contributed by atoms with Gasteiger partial charge in [0.05, 0.1) is 0 Å². The van der Waals surface area contributed by atoms with Crippen molar-refractivity contribution in [2.45, 2.75) is 13.3 Å². The molecule has 0 saturated heterocycles. The van der Waals surface area contributed by atoms with Gasteiger partial charge in [-0.25, -0.2) is 0 Å². The fraction of sp³-hybridized carbons (Fsp3) is 1.00. The molecule has 0 spiro atoms. The molecule has 1 radical (unpaired) electrons. The molecule has 0 rings (SSSR count). The quantitative estimate of drug-likeness (QED) is 0.546. The van der Waals surface area contributed by atoms with Crippen LogP contribution in [0.4, 0.5) is 0 Å². The monoisotopic (exact) mass is 102 g/mol. The predicted octanol–water partition coefficient (Wildman–Crippen LogP) is 0.288. The summed E-state index contributed by atoms with van der Waals surface area (Å²) in [6.07, 6.45) is 0.816. The van der Waals surface area contributed by atoms with Gasteiger partial charge in [-0.1, -0.05) is 6.92 Å². The predicted molar refractivity (Wildman–Crippen MR) is 28.8 cm³/mol. The highest BCUT2D eigenvalue weighted by molar-refractivity contribution is 4.47. The van der Waals surface area contributed by atoms with Gasteiger partial charge in [0.15, 0.2) is 0 Å². The van der Waals surface area contributed by atoms with Gasteiger partial charge in [0.2, 0.25) is 0 Å². The maximum Gasteiger partial charge on any atom is 0.0457 e. The minimum absolute atomic E-state index is 0.221. The van der Waals surface area contributed by atoms with Crippen molar-refractivity contribution in [1.29, 1.82) is 0 Å². The molecule has 0 aliphatic carbocycles. The molecule has 0 fully saturated rings. The van der Waals surface area contributed by atoms with E-state index in [1.165, 1.54) is 0 Å². The summed E-state index contributed by atoms with van der Waals surface area (Å²) in [5.74, 6) is 0.317. The van der Waals surface area contributed by atoms with Crippen LogP contribution in [-0.2, 0) is 0 Å². The van der Waals surface area contributed by atoms with E-state index in [1.807, 2.05) is 6.92 Å². The third-order valence-electron chi connectivity index (χ3n) is 0.949. The Hall–Kier alpha value is -0.0800. The topological polar surface area (TPSA) is 44.0 Å². The van der Waals surface area contributed by atoms with Gasteiger partial charge in [0.25, 0.3) is 0 Å². The first kappa shape index (κ1) is 6.92. The van der Waals surface area contributed by atoms with Crippen molar-refractivity contribution in [3.8, 4) is 0 Å². The van der Waals surface area contributed by atoms with Crippen LogP contribution in [0.25, 0.3) is 0 Å². The van der Waals surface area contributed by atoms with Gasteiger partial charge >= 0.3 is 0 Å². The van der Waals surface area contributed by atoms with Gasteiger partial charge in [0.1, 0.15) is 0 Å². The van der Waals surface area contributed by atoms with E-state index in [0.717, 1.165) is 6.42 Å². The van der Waals surface area contributed by atoms with Crippen LogP contribution in [-0.4, -0.2) is 18.3 Å². The van der Waals surface area contributed by atoms with Crippen LogP contribution in [0, 0.1) is 5.92 Å². The lowest BCUT2D eigenvalue weighted by atomic mass is 10.1. The Labute approximate surface area is 44.3 Å². The second-order valence-electron chi connectivity index (χ2n) is 1.83. The molecule has 0 aliphatic rings. The zero-order valence-corrected chi connectivity index (χ0v) is 4.65. The number of hydrogen-bond donors (Lipinski definition) is 1. The van der Waals surface area contributed by atoms with Crippen LogP contribution in [0.5, 0.6) is 0 Å². The number of hydrogen-bond acceptors (Lipinski definition) is 1. The summed E-state index contributed by atoms with van der Waals surface area (Å²) in [4.78, 5) is 0. The summed E-state index contributed by atoms with van der Waals surface area (Å²) in [5, 5.41) is 8.38. The molecule has 0 aromatic rings. The summed E-state index contributed by atoms with van der Waals surface area (Å²) in [5.41, 5.74) is 6.73. The average Bonchev–Trinajstić information content (AvgIpc) is 1.68. The lowest BCUT2D eigenvalue weighted by Crippen LogP contribution is -2.02. The molecule has 0 aromatic carbocycles. The van der Waals surface area contributed by atoms with Crippen LogP contribution < -0.4 is 5.73 Å². The van der Waals surface area contributed by atoms with E-state index in [-0.39, 0.29) is 6.61 Å². The molecule has 2 heteroatoms. The molecule has 1 atom stereocenters. The van der Waals surface area contributed by atoms with E-state index in [0.29, 0.717) is 12.5 Å². The molecule has 7 heavy (non-hydrogen) atoms. The molecule has 43 valence electrons. The summed E-state index contributed by atoms with van der Waals surface area (Å²) in [6.45, 7) is 2.59. The number of aliphatic hydroxyl groups excluding tert-OH is 1. The van der Waals surface area contributed by atoms with E-state index >= 15 is 0 Å². The van der Waals surface area contributed by atoms with Crippen molar-refractivity contribution in [2.75, 3.05) is 13.2 Å². The van der Waals surface area contributed by atoms with Gasteiger partial charge in [-0.15, -0.1) is 0 Å². The van der Waals surface area contributed by atoms with Gasteiger partial charge < -0.3 is 5.11 Å². The fourth-order valence-corrected chi connectivity index (χ4v) is 0.338. The third-order valence-corrected chi connectivity index (χ3v) is 0.949. The summed E-state index contributed by atoms with van der Waals surface area (Å²) >= 11 is 0. The van der Waals surface area contributed by atoms with E-state index < -0.39 is 0 Å². The van der Waals surface area contributed by atoms with Crippen LogP contribution in [0.1, 0.15) is 13.3 Å². The zero-order valence-electron chi connectivity index (χ0n) is 4.65. The third kappa shape index (κ3) is 3.76. The molecule has 0 saturated carbocycles. The molecular weight excluding hydrogens is 90.1 g/mol. The Morgan fingerprint density at radius 1 is 1.71 bits per heavy atom. The minimum atomic E-state index is 0.221. The van der Waals surface area contributed by atoms with Crippen molar-refractivity contribution in [3.05, 3.63) is 0 Å². The second-order valence-corrected chi connectivity index (χ2v) is 1.83. The largest absolute Gasteiger partial charge is 0.396 e. The molecule has 0 bridgehead atoms. The Bertz CT molecular complexity index is 39.1. The first-order valence-electron chi connectivity index (χ1n) is 2.56. The lowest BCUT2D eigenvalue weighted by molar-refractivity contribution is 0.231. The van der Waals surface area contributed by atoms with Crippen LogP contribution in [0.2, 0.25) is 0 Å². The van der Waals surface area contributed by atoms with Crippen molar-refractivity contribution in [3.63, 3.8) is 0 Å². The highest BCUT2D eigenvalue weighted by Gasteiger charge is 1.94. The number of nitrogens with one attached hydrogen (secondary N) is 1. The van der Waals surface area contributed by atoms with E-state index in [1.54, 1.807) is 0 Å². The van der Waals surface area contributed by atoms with Crippen molar-refractivity contribution in [2.24, 2.45) is 5.92 Å². The zero-order chi connectivity index (χ0) is 5.70. The van der Waals surface area contributed by atoms with E-state index in [4.69, 9.17) is 10.8 Å². The average molecular weight is 102 g/mol. The smallest absolute Gasteiger partial charge is 0.0457 e.